The van der Waals surface area contributed by atoms with Crippen LogP contribution in [0, 0.1) is 23.6 Å². The molecule has 0 N–H and O–H groups in total. The van der Waals surface area contributed by atoms with Gasteiger partial charge >= 0.3 is 0 Å². The minimum absolute atomic E-state index is 0.0947. The van der Waals surface area contributed by atoms with Crippen LogP contribution in [0.25, 0.3) is 0 Å². The first kappa shape index (κ1) is 19.3. The number of fused-ring (bicyclic) bond motifs is 1. The van der Waals surface area contributed by atoms with Crippen LogP contribution in [0.4, 0.5) is 4.39 Å². The summed E-state index contributed by atoms with van der Waals surface area (Å²) in [5, 5.41) is 3.92. The minimum atomic E-state index is -0.299. The Bertz CT molecular complexity index is 970. The van der Waals surface area contributed by atoms with Crippen LogP contribution in [0.5, 0.6) is 0 Å². The predicted octanol–water partition coefficient (Wildman–Crippen LogP) is 3.45. The van der Waals surface area contributed by atoms with Crippen LogP contribution >= 0.6 is 0 Å². The SMILES string of the molecule is CCc1cc(C(=O)N2C[C@H]3CN(C(=O)C4CCC4)[C@H](c4cccc(F)c4)[C@H]3C2)no1. The molecular formula is C23H26FN3O3. The second-order valence-electron chi connectivity index (χ2n) is 8.78. The van der Waals surface area contributed by atoms with Crippen LogP contribution in [-0.4, -0.2) is 46.4 Å². The molecule has 1 saturated carbocycles. The summed E-state index contributed by atoms with van der Waals surface area (Å²) in [6, 6.07) is 8.06. The van der Waals surface area contributed by atoms with Gasteiger partial charge < -0.3 is 14.3 Å². The molecule has 2 amide bonds. The second kappa shape index (κ2) is 7.52. The molecule has 3 atom stereocenters. The number of aromatic nitrogens is 1. The highest BCUT2D eigenvalue weighted by molar-refractivity contribution is 5.92. The number of halogens is 1. The average Bonchev–Trinajstić information content (AvgIpc) is 3.39. The van der Waals surface area contributed by atoms with E-state index in [9.17, 15) is 14.0 Å². The summed E-state index contributed by atoms with van der Waals surface area (Å²) in [6.45, 7) is 3.68. The van der Waals surface area contributed by atoms with Crippen LogP contribution in [-0.2, 0) is 11.2 Å². The van der Waals surface area contributed by atoms with Gasteiger partial charge in [-0.15, -0.1) is 0 Å². The van der Waals surface area contributed by atoms with E-state index in [0.717, 1.165) is 24.8 Å². The summed E-state index contributed by atoms with van der Waals surface area (Å²) in [6.07, 6.45) is 3.67. The summed E-state index contributed by atoms with van der Waals surface area (Å²) >= 11 is 0. The number of carbonyl (C=O) groups excluding carboxylic acids is 2. The highest BCUT2D eigenvalue weighted by Crippen LogP contribution is 2.47. The smallest absolute Gasteiger partial charge is 0.276 e. The van der Waals surface area contributed by atoms with E-state index in [1.807, 2.05) is 22.8 Å². The van der Waals surface area contributed by atoms with Crippen LogP contribution in [0.3, 0.4) is 0 Å². The van der Waals surface area contributed by atoms with Crippen LogP contribution < -0.4 is 0 Å². The maximum Gasteiger partial charge on any atom is 0.276 e. The Morgan fingerprint density at radius 2 is 2.03 bits per heavy atom. The van der Waals surface area contributed by atoms with Gasteiger partial charge in [0.05, 0.1) is 6.04 Å². The Morgan fingerprint density at radius 3 is 2.70 bits per heavy atom. The molecule has 1 aromatic carbocycles. The fourth-order valence-electron chi connectivity index (χ4n) is 5.19. The molecule has 0 bridgehead atoms. The molecule has 158 valence electrons. The Morgan fingerprint density at radius 1 is 1.20 bits per heavy atom. The van der Waals surface area contributed by atoms with Gasteiger partial charge in [0.2, 0.25) is 5.91 Å². The topological polar surface area (TPSA) is 66.7 Å². The number of hydrogen-bond donors (Lipinski definition) is 0. The summed E-state index contributed by atoms with van der Waals surface area (Å²) in [5.74, 6) is 0.816. The van der Waals surface area contributed by atoms with Crippen molar-refractivity contribution in [3.05, 3.63) is 53.2 Å². The van der Waals surface area contributed by atoms with Crippen LogP contribution in [0.1, 0.15) is 54.0 Å². The molecule has 0 unspecified atom stereocenters. The zero-order chi connectivity index (χ0) is 20.8. The number of carbonyl (C=O) groups is 2. The van der Waals surface area contributed by atoms with Crippen LogP contribution in [0.15, 0.2) is 34.9 Å². The van der Waals surface area contributed by atoms with Gasteiger partial charge in [-0.2, -0.15) is 0 Å². The zero-order valence-electron chi connectivity index (χ0n) is 17.1. The maximum atomic E-state index is 14.0. The molecule has 3 heterocycles. The standard InChI is InChI=1S/C23H26FN3O3/c1-2-18-10-20(25-30-18)23(29)26-11-16-12-27(22(28)14-5-3-6-14)21(19(16)13-26)15-7-4-8-17(24)9-15/h4,7-10,14,16,19,21H,2-3,5-6,11-13H2,1H3/t16-,19-,21+/m0/s1. The summed E-state index contributed by atoms with van der Waals surface area (Å²) in [5.41, 5.74) is 1.15. The number of amides is 2. The summed E-state index contributed by atoms with van der Waals surface area (Å²) < 4.78 is 19.2. The molecule has 5 rings (SSSR count). The van der Waals surface area contributed by atoms with Gasteiger partial charge in [0.15, 0.2) is 5.69 Å². The quantitative estimate of drug-likeness (QED) is 0.773. The number of hydrogen-bond acceptors (Lipinski definition) is 4. The molecule has 0 radical (unpaired) electrons. The molecule has 2 saturated heterocycles. The molecule has 6 nitrogen and oxygen atoms in total. The molecule has 3 fully saturated rings. The maximum absolute atomic E-state index is 14.0. The number of nitrogens with zero attached hydrogens (tertiary/aromatic N) is 3. The van der Waals surface area contributed by atoms with Crippen molar-refractivity contribution in [2.45, 2.75) is 38.6 Å². The third-order valence-corrected chi connectivity index (χ3v) is 7.01. The van der Waals surface area contributed by atoms with Crippen molar-refractivity contribution in [1.82, 2.24) is 15.0 Å². The molecule has 7 heteroatoms. The Labute approximate surface area is 175 Å². The van der Waals surface area contributed by atoms with Crippen molar-refractivity contribution >= 4 is 11.8 Å². The van der Waals surface area contributed by atoms with Gasteiger partial charge in [-0.1, -0.05) is 30.6 Å². The average molecular weight is 411 g/mol. The number of aryl methyl sites for hydroxylation is 1. The molecule has 2 aromatic rings. The number of rotatable bonds is 4. The summed E-state index contributed by atoms with van der Waals surface area (Å²) in [7, 11) is 0. The first-order valence-electron chi connectivity index (χ1n) is 10.9. The second-order valence-corrected chi connectivity index (χ2v) is 8.78. The molecule has 30 heavy (non-hydrogen) atoms. The Hall–Kier alpha value is -2.70. The van der Waals surface area contributed by atoms with E-state index in [1.54, 1.807) is 12.1 Å². The Balaban J connectivity index is 1.40. The third-order valence-electron chi connectivity index (χ3n) is 7.01. The largest absolute Gasteiger partial charge is 0.361 e. The number of benzene rings is 1. The van der Waals surface area contributed by atoms with E-state index in [0.29, 0.717) is 37.5 Å². The van der Waals surface area contributed by atoms with E-state index in [-0.39, 0.29) is 41.4 Å². The highest BCUT2D eigenvalue weighted by atomic mass is 19.1. The molecule has 2 aliphatic heterocycles. The van der Waals surface area contributed by atoms with Gasteiger partial charge in [0, 0.05) is 49.9 Å². The van der Waals surface area contributed by atoms with Gasteiger partial charge in [-0.05, 0) is 30.5 Å². The van der Waals surface area contributed by atoms with E-state index in [2.05, 4.69) is 5.16 Å². The van der Waals surface area contributed by atoms with E-state index in [1.165, 1.54) is 12.1 Å². The first-order chi connectivity index (χ1) is 14.5. The lowest BCUT2D eigenvalue weighted by Gasteiger charge is -2.35. The first-order valence-corrected chi connectivity index (χ1v) is 10.9. The fraction of sp³-hybridized carbons (Fsp3) is 0.522. The van der Waals surface area contributed by atoms with Crippen molar-refractivity contribution in [2.75, 3.05) is 19.6 Å². The van der Waals surface area contributed by atoms with Gasteiger partial charge in [-0.25, -0.2) is 4.39 Å². The third kappa shape index (κ3) is 3.20. The molecule has 1 aliphatic carbocycles. The van der Waals surface area contributed by atoms with Gasteiger partial charge in [0.1, 0.15) is 11.6 Å². The molecular weight excluding hydrogens is 385 g/mol. The van der Waals surface area contributed by atoms with Crippen molar-refractivity contribution < 1.29 is 18.5 Å². The van der Waals surface area contributed by atoms with E-state index in [4.69, 9.17) is 4.52 Å². The van der Waals surface area contributed by atoms with Gasteiger partial charge in [-0.3, -0.25) is 9.59 Å². The fourth-order valence-corrected chi connectivity index (χ4v) is 5.19. The van der Waals surface area contributed by atoms with Crippen molar-refractivity contribution in [3.63, 3.8) is 0 Å². The normalized spacial score (nSPS) is 26.0. The highest BCUT2D eigenvalue weighted by Gasteiger charge is 2.51. The lowest BCUT2D eigenvalue weighted by molar-refractivity contribution is -0.139. The van der Waals surface area contributed by atoms with Crippen molar-refractivity contribution in [2.24, 2.45) is 17.8 Å². The van der Waals surface area contributed by atoms with Crippen LogP contribution in [0.2, 0.25) is 0 Å². The molecule has 3 aliphatic rings. The van der Waals surface area contributed by atoms with E-state index >= 15 is 0 Å². The van der Waals surface area contributed by atoms with Crippen molar-refractivity contribution in [3.8, 4) is 0 Å². The summed E-state index contributed by atoms with van der Waals surface area (Å²) in [4.78, 5) is 29.8. The predicted molar refractivity (Wildman–Crippen MR) is 107 cm³/mol. The zero-order valence-corrected chi connectivity index (χ0v) is 17.1. The lowest BCUT2D eigenvalue weighted by Crippen LogP contribution is -2.41. The molecule has 1 aromatic heterocycles. The monoisotopic (exact) mass is 411 g/mol. The minimum Gasteiger partial charge on any atom is -0.361 e. The Kier molecular flexibility index (Phi) is 4.83. The van der Waals surface area contributed by atoms with Gasteiger partial charge in [0.25, 0.3) is 5.91 Å². The van der Waals surface area contributed by atoms with E-state index < -0.39 is 0 Å². The molecule has 0 spiro atoms. The lowest BCUT2D eigenvalue weighted by atomic mass is 9.83. The number of likely N-dealkylation sites (tertiary alicyclic amines) is 2. The van der Waals surface area contributed by atoms with Crippen molar-refractivity contribution in [1.29, 1.82) is 0 Å².